The Hall–Kier alpha value is -3.39. The van der Waals surface area contributed by atoms with Gasteiger partial charge in [-0.2, -0.15) is 0 Å². The monoisotopic (exact) mass is 481 g/mol. The average Bonchev–Trinajstić information content (AvgIpc) is 2.87. The fourth-order valence-electron chi connectivity index (χ4n) is 4.08. The number of aliphatic hydroxyl groups is 1. The maximum absolute atomic E-state index is 13.0. The molecule has 2 aromatic rings. The Morgan fingerprint density at radius 1 is 1.06 bits per heavy atom. The van der Waals surface area contributed by atoms with Crippen LogP contribution in [0.1, 0.15) is 54.3 Å². The summed E-state index contributed by atoms with van der Waals surface area (Å²) >= 11 is 0. The molecule has 3 amide bonds. The third-order valence-corrected chi connectivity index (χ3v) is 6.20. The van der Waals surface area contributed by atoms with Crippen LogP contribution in [0.25, 0.3) is 0 Å². The summed E-state index contributed by atoms with van der Waals surface area (Å²) in [6, 6.07) is 12.8. The van der Waals surface area contributed by atoms with Crippen molar-refractivity contribution in [3.8, 4) is 5.75 Å². The van der Waals surface area contributed by atoms with E-state index in [0.717, 1.165) is 12.8 Å². The quantitative estimate of drug-likeness (QED) is 0.509. The number of hydrogen-bond acceptors (Lipinski definition) is 5. The summed E-state index contributed by atoms with van der Waals surface area (Å²) in [7, 11) is 0. The second-order valence-corrected chi connectivity index (χ2v) is 9.14. The van der Waals surface area contributed by atoms with E-state index < -0.39 is 6.04 Å². The number of likely N-dealkylation sites (tertiary alicyclic amines) is 1. The molecule has 2 aromatic carbocycles. The van der Waals surface area contributed by atoms with E-state index in [9.17, 15) is 19.5 Å². The normalized spacial score (nSPS) is 14.9. The standard InChI is InChI=1S/C27H35N3O5/c1-4-35-23-10-8-20(9-11-23)25(32)29-24(18(2)3)26(33)28-22-7-5-6-21(16-22)27(34)30-14-12-19(17-31)13-15-30/h5-11,16,18-19,24,31H,4,12-15,17H2,1-3H3,(H,28,33)(H,29,32). The molecule has 8 heteroatoms. The number of nitrogens with zero attached hydrogens (tertiary/aromatic N) is 1. The number of carbonyl (C=O) groups is 3. The van der Waals surface area contributed by atoms with E-state index in [0.29, 0.717) is 42.3 Å². The molecule has 1 atom stereocenters. The second kappa shape index (κ2) is 12.4. The van der Waals surface area contributed by atoms with Crippen LogP contribution in [0, 0.1) is 11.8 Å². The van der Waals surface area contributed by atoms with Gasteiger partial charge in [0, 0.05) is 36.5 Å². The predicted octanol–water partition coefficient (Wildman–Crippen LogP) is 3.32. The van der Waals surface area contributed by atoms with Gasteiger partial charge in [-0.1, -0.05) is 19.9 Å². The Labute approximate surface area is 206 Å². The first kappa shape index (κ1) is 26.2. The lowest BCUT2D eigenvalue weighted by Gasteiger charge is -2.31. The Bertz CT molecular complexity index is 1010. The van der Waals surface area contributed by atoms with Crippen LogP contribution in [0.2, 0.25) is 0 Å². The summed E-state index contributed by atoms with van der Waals surface area (Å²) in [5.74, 6) is -0.0319. The zero-order valence-corrected chi connectivity index (χ0v) is 20.6. The number of carbonyl (C=O) groups excluding carboxylic acids is 3. The molecule has 0 aromatic heterocycles. The molecule has 3 rings (SSSR count). The minimum absolute atomic E-state index is 0.0956. The molecule has 1 heterocycles. The molecule has 35 heavy (non-hydrogen) atoms. The summed E-state index contributed by atoms with van der Waals surface area (Å²) in [5, 5.41) is 15.0. The molecule has 0 radical (unpaired) electrons. The molecular formula is C27H35N3O5. The summed E-state index contributed by atoms with van der Waals surface area (Å²) in [6.45, 7) is 7.50. The van der Waals surface area contributed by atoms with Gasteiger partial charge in [-0.3, -0.25) is 14.4 Å². The number of hydrogen-bond donors (Lipinski definition) is 3. The van der Waals surface area contributed by atoms with E-state index in [-0.39, 0.29) is 36.2 Å². The summed E-state index contributed by atoms with van der Waals surface area (Å²) in [5.41, 5.74) is 1.42. The van der Waals surface area contributed by atoms with Crippen LogP contribution in [0.3, 0.4) is 0 Å². The van der Waals surface area contributed by atoms with E-state index >= 15 is 0 Å². The maximum atomic E-state index is 13.0. The lowest BCUT2D eigenvalue weighted by molar-refractivity contribution is -0.118. The fourth-order valence-corrected chi connectivity index (χ4v) is 4.08. The maximum Gasteiger partial charge on any atom is 0.253 e. The molecule has 1 saturated heterocycles. The molecule has 8 nitrogen and oxygen atoms in total. The molecule has 188 valence electrons. The SMILES string of the molecule is CCOc1ccc(C(=O)NC(C(=O)Nc2cccc(C(=O)N3CCC(CO)CC3)c2)C(C)C)cc1. The van der Waals surface area contributed by atoms with E-state index in [1.165, 1.54) is 0 Å². The molecular weight excluding hydrogens is 446 g/mol. The number of amides is 3. The van der Waals surface area contributed by atoms with Crippen molar-refractivity contribution in [1.82, 2.24) is 10.2 Å². The van der Waals surface area contributed by atoms with Crippen molar-refractivity contribution in [2.75, 3.05) is 31.6 Å². The Kier molecular flexibility index (Phi) is 9.25. The van der Waals surface area contributed by atoms with Crippen molar-refractivity contribution in [2.45, 2.75) is 39.7 Å². The molecule has 0 aliphatic carbocycles. The number of benzene rings is 2. The van der Waals surface area contributed by atoms with Crippen molar-refractivity contribution in [1.29, 1.82) is 0 Å². The number of piperidine rings is 1. The summed E-state index contributed by atoms with van der Waals surface area (Å²) in [6.07, 6.45) is 1.56. The highest BCUT2D eigenvalue weighted by molar-refractivity contribution is 6.02. The van der Waals surface area contributed by atoms with Gasteiger partial charge in [-0.15, -0.1) is 0 Å². The molecule has 3 N–H and O–H groups in total. The van der Waals surface area contributed by atoms with E-state index in [4.69, 9.17) is 4.74 Å². The average molecular weight is 482 g/mol. The Balaban J connectivity index is 1.64. The third kappa shape index (κ3) is 7.05. The van der Waals surface area contributed by atoms with Gasteiger partial charge in [0.15, 0.2) is 0 Å². The smallest absolute Gasteiger partial charge is 0.253 e. The van der Waals surface area contributed by atoms with Crippen LogP contribution in [0.4, 0.5) is 5.69 Å². The first-order valence-electron chi connectivity index (χ1n) is 12.2. The van der Waals surface area contributed by atoms with E-state index in [1.54, 1.807) is 53.4 Å². The van der Waals surface area contributed by atoms with Crippen LogP contribution in [-0.2, 0) is 4.79 Å². The lowest BCUT2D eigenvalue weighted by Crippen LogP contribution is -2.47. The molecule has 1 aliphatic heterocycles. The highest BCUT2D eigenvalue weighted by Gasteiger charge is 2.26. The number of nitrogens with one attached hydrogen (secondary N) is 2. The van der Waals surface area contributed by atoms with Crippen molar-refractivity contribution < 1.29 is 24.2 Å². The van der Waals surface area contributed by atoms with Crippen molar-refractivity contribution in [3.05, 3.63) is 59.7 Å². The number of ether oxygens (including phenoxy) is 1. The Morgan fingerprint density at radius 3 is 2.34 bits per heavy atom. The molecule has 1 fully saturated rings. The van der Waals surface area contributed by atoms with Gasteiger partial charge in [-0.25, -0.2) is 0 Å². The first-order valence-corrected chi connectivity index (χ1v) is 12.2. The van der Waals surface area contributed by atoms with Crippen LogP contribution in [-0.4, -0.2) is 60.1 Å². The predicted molar refractivity (Wildman–Crippen MR) is 134 cm³/mol. The zero-order valence-electron chi connectivity index (χ0n) is 20.6. The number of rotatable bonds is 9. The molecule has 0 bridgehead atoms. The van der Waals surface area contributed by atoms with Gasteiger partial charge in [0.1, 0.15) is 11.8 Å². The highest BCUT2D eigenvalue weighted by atomic mass is 16.5. The summed E-state index contributed by atoms with van der Waals surface area (Å²) in [4.78, 5) is 40.5. The largest absolute Gasteiger partial charge is 0.494 e. The van der Waals surface area contributed by atoms with Crippen molar-refractivity contribution in [2.24, 2.45) is 11.8 Å². The Morgan fingerprint density at radius 2 is 1.74 bits per heavy atom. The first-order chi connectivity index (χ1) is 16.8. The lowest BCUT2D eigenvalue weighted by atomic mass is 9.97. The number of aliphatic hydroxyl groups excluding tert-OH is 1. The van der Waals surface area contributed by atoms with Crippen LogP contribution < -0.4 is 15.4 Å². The molecule has 1 aliphatic rings. The van der Waals surface area contributed by atoms with Gasteiger partial charge >= 0.3 is 0 Å². The molecule has 0 spiro atoms. The van der Waals surface area contributed by atoms with Crippen LogP contribution in [0.5, 0.6) is 5.75 Å². The minimum Gasteiger partial charge on any atom is -0.494 e. The van der Waals surface area contributed by atoms with Gasteiger partial charge in [0.25, 0.3) is 11.8 Å². The molecule has 0 saturated carbocycles. The van der Waals surface area contributed by atoms with Crippen molar-refractivity contribution >= 4 is 23.4 Å². The second-order valence-electron chi connectivity index (χ2n) is 9.14. The molecule has 1 unspecified atom stereocenters. The van der Waals surface area contributed by atoms with Crippen molar-refractivity contribution in [3.63, 3.8) is 0 Å². The topological polar surface area (TPSA) is 108 Å². The van der Waals surface area contributed by atoms with Gasteiger partial charge < -0.3 is 25.4 Å². The third-order valence-electron chi connectivity index (χ3n) is 6.20. The van der Waals surface area contributed by atoms with E-state index in [2.05, 4.69) is 10.6 Å². The fraction of sp³-hybridized carbons (Fsp3) is 0.444. The van der Waals surface area contributed by atoms with Gasteiger partial charge in [0.2, 0.25) is 5.91 Å². The van der Waals surface area contributed by atoms with Gasteiger partial charge in [0.05, 0.1) is 6.61 Å². The van der Waals surface area contributed by atoms with Gasteiger partial charge in [-0.05, 0) is 74.1 Å². The highest BCUT2D eigenvalue weighted by Crippen LogP contribution is 2.20. The van der Waals surface area contributed by atoms with Crippen LogP contribution >= 0.6 is 0 Å². The zero-order chi connectivity index (χ0) is 25.4. The minimum atomic E-state index is -0.758. The number of anilines is 1. The van der Waals surface area contributed by atoms with E-state index in [1.807, 2.05) is 20.8 Å². The van der Waals surface area contributed by atoms with Crippen LogP contribution in [0.15, 0.2) is 48.5 Å². The summed E-state index contributed by atoms with van der Waals surface area (Å²) < 4.78 is 5.41.